The average Bonchev–Trinajstić information content (AvgIpc) is 3.70. The smallest absolute Gasteiger partial charge is 0.418 e. The summed E-state index contributed by atoms with van der Waals surface area (Å²) in [5, 5.41) is 3.18. The van der Waals surface area contributed by atoms with Crippen molar-refractivity contribution in [3.63, 3.8) is 0 Å². The molecule has 1 fully saturated rings. The van der Waals surface area contributed by atoms with E-state index in [1.165, 1.54) is 25.3 Å². The first-order valence-corrected chi connectivity index (χ1v) is 12.3. The van der Waals surface area contributed by atoms with E-state index in [2.05, 4.69) is 15.3 Å². The molecule has 0 saturated heterocycles. The Morgan fingerprint density at radius 1 is 1.24 bits per heavy atom. The van der Waals surface area contributed by atoms with E-state index in [4.69, 9.17) is 32.8 Å². The molecule has 1 aliphatic carbocycles. The number of alkyl halides is 3. The van der Waals surface area contributed by atoms with Gasteiger partial charge >= 0.3 is 6.18 Å². The monoisotopic (exact) mass is 541 g/mol. The standard InChI is InChI=1S/C26H23ClF3N7O/c1-12-9-17(31)36-21(19(12)26(28,29)30)15-10-16-18-22(20(15)27)34-11-35-25(18)37(7-8-38-16)23(13-4-5-13)14-3-2-6-33-24(14)32/h2-3,6-10,13,23,34H,4-5,11H2,1H3,(H2,31,36)(H2,32,33). The van der Waals surface area contributed by atoms with Gasteiger partial charge < -0.3 is 26.4 Å². The molecule has 12 heteroatoms. The zero-order chi connectivity index (χ0) is 26.8. The molecule has 6 rings (SSSR count). The summed E-state index contributed by atoms with van der Waals surface area (Å²) < 4.78 is 48.3. The van der Waals surface area contributed by atoms with Crippen molar-refractivity contribution in [2.24, 2.45) is 10.9 Å². The summed E-state index contributed by atoms with van der Waals surface area (Å²) in [6.45, 7) is 1.50. The van der Waals surface area contributed by atoms with Gasteiger partial charge in [-0.15, -0.1) is 0 Å². The summed E-state index contributed by atoms with van der Waals surface area (Å²) in [7, 11) is 0. The molecule has 2 aliphatic heterocycles. The van der Waals surface area contributed by atoms with Crippen molar-refractivity contribution in [3.05, 3.63) is 70.2 Å². The van der Waals surface area contributed by atoms with Gasteiger partial charge in [0.1, 0.15) is 36.2 Å². The molecule has 5 N–H and O–H groups in total. The van der Waals surface area contributed by atoms with Crippen LogP contribution in [0.1, 0.15) is 41.1 Å². The van der Waals surface area contributed by atoms with Crippen LogP contribution in [-0.4, -0.2) is 27.4 Å². The number of nitrogens with two attached hydrogens (primary N) is 2. The van der Waals surface area contributed by atoms with Gasteiger partial charge in [0, 0.05) is 23.5 Å². The number of aromatic nitrogens is 2. The maximum absolute atomic E-state index is 14.1. The molecule has 0 spiro atoms. The van der Waals surface area contributed by atoms with Crippen molar-refractivity contribution in [2.75, 3.05) is 23.5 Å². The highest BCUT2D eigenvalue weighted by molar-refractivity contribution is 6.37. The number of anilines is 3. The molecule has 8 nitrogen and oxygen atoms in total. The number of aryl methyl sites for hydroxylation is 1. The second kappa shape index (κ2) is 8.80. The van der Waals surface area contributed by atoms with Gasteiger partial charge in [-0.1, -0.05) is 17.7 Å². The van der Waals surface area contributed by atoms with Gasteiger partial charge in [-0.3, -0.25) is 0 Å². The summed E-state index contributed by atoms with van der Waals surface area (Å²) in [6.07, 6.45) is 2.24. The molecule has 1 aromatic carbocycles. The predicted molar refractivity (Wildman–Crippen MR) is 140 cm³/mol. The highest BCUT2D eigenvalue weighted by Crippen LogP contribution is 2.51. The van der Waals surface area contributed by atoms with E-state index in [0.717, 1.165) is 18.4 Å². The van der Waals surface area contributed by atoms with Gasteiger partial charge in [0.2, 0.25) is 0 Å². The van der Waals surface area contributed by atoms with Crippen LogP contribution in [0.15, 0.2) is 47.9 Å². The molecule has 0 bridgehead atoms. The zero-order valence-corrected chi connectivity index (χ0v) is 20.9. The molecule has 1 atom stereocenters. The fourth-order valence-electron chi connectivity index (χ4n) is 5.21. The number of hydrogen-bond donors (Lipinski definition) is 3. The molecule has 196 valence electrons. The van der Waals surface area contributed by atoms with Crippen LogP contribution in [-0.2, 0) is 6.18 Å². The number of pyridine rings is 2. The Morgan fingerprint density at radius 2 is 2.03 bits per heavy atom. The second-order valence-corrected chi connectivity index (χ2v) is 9.84. The lowest BCUT2D eigenvalue weighted by Crippen LogP contribution is -2.35. The summed E-state index contributed by atoms with van der Waals surface area (Å²) in [4.78, 5) is 15.0. The van der Waals surface area contributed by atoms with Gasteiger partial charge in [-0.25, -0.2) is 15.0 Å². The quantitative estimate of drug-likeness (QED) is 0.386. The summed E-state index contributed by atoms with van der Waals surface area (Å²) in [6, 6.07) is 6.27. The minimum atomic E-state index is -4.67. The van der Waals surface area contributed by atoms with Crippen molar-refractivity contribution in [1.82, 2.24) is 14.9 Å². The van der Waals surface area contributed by atoms with Crippen molar-refractivity contribution in [1.29, 1.82) is 0 Å². The highest BCUT2D eigenvalue weighted by Gasteiger charge is 2.42. The van der Waals surface area contributed by atoms with Crippen LogP contribution in [0.2, 0.25) is 5.02 Å². The number of benzene rings is 1. The molecular weight excluding hydrogens is 519 g/mol. The zero-order valence-electron chi connectivity index (χ0n) is 20.2. The van der Waals surface area contributed by atoms with E-state index < -0.39 is 11.7 Å². The van der Waals surface area contributed by atoms with Gasteiger partial charge in [-0.05, 0) is 49.4 Å². The van der Waals surface area contributed by atoms with Crippen LogP contribution in [0.5, 0.6) is 5.75 Å². The third kappa shape index (κ3) is 3.97. The Morgan fingerprint density at radius 3 is 2.74 bits per heavy atom. The molecular formula is C26H23ClF3N7O. The van der Waals surface area contributed by atoms with E-state index in [1.807, 2.05) is 17.0 Å². The fourth-order valence-corrected chi connectivity index (χ4v) is 5.51. The number of aliphatic imine (C=N–C) groups is 1. The Labute approximate surface area is 221 Å². The maximum Gasteiger partial charge on any atom is 0.418 e. The van der Waals surface area contributed by atoms with E-state index in [0.29, 0.717) is 28.8 Å². The van der Waals surface area contributed by atoms with Crippen LogP contribution in [0.3, 0.4) is 0 Å². The van der Waals surface area contributed by atoms with E-state index in [9.17, 15) is 13.2 Å². The Bertz CT molecular complexity index is 1520. The molecule has 0 radical (unpaired) electrons. The Hall–Kier alpha value is -3.99. The Balaban J connectivity index is 1.53. The van der Waals surface area contributed by atoms with E-state index >= 15 is 0 Å². The van der Waals surface area contributed by atoms with Crippen LogP contribution in [0, 0.1) is 12.8 Å². The summed E-state index contributed by atoms with van der Waals surface area (Å²) in [5.41, 5.74) is 12.7. The van der Waals surface area contributed by atoms with Gasteiger partial charge in [0.15, 0.2) is 0 Å². The third-order valence-electron chi connectivity index (χ3n) is 6.93. The molecule has 2 aromatic heterocycles. The number of halogens is 4. The largest absolute Gasteiger partial charge is 0.463 e. The number of nitrogens with zero attached hydrogens (tertiary/aromatic N) is 4. The van der Waals surface area contributed by atoms with Crippen LogP contribution >= 0.6 is 11.6 Å². The third-order valence-corrected chi connectivity index (χ3v) is 7.32. The molecule has 0 amide bonds. The lowest BCUT2D eigenvalue weighted by molar-refractivity contribution is -0.137. The topological polar surface area (TPSA) is 115 Å². The lowest BCUT2D eigenvalue weighted by atomic mass is 9.96. The molecule has 38 heavy (non-hydrogen) atoms. The number of nitrogen functional groups attached to an aromatic ring is 2. The highest BCUT2D eigenvalue weighted by atomic mass is 35.5. The fraction of sp³-hybridized carbons (Fsp3) is 0.269. The molecule has 4 heterocycles. The summed E-state index contributed by atoms with van der Waals surface area (Å²) in [5.74, 6) is 1.55. The molecule has 1 unspecified atom stereocenters. The predicted octanol–water partition coefficient (Wildman–Crippen LogP) is 5.74. The Kier molecular flexibility index (Phi) is 5.64. The molecule has 3 aliphatic rings. The number of nitrogens with one attached hydrogen (secondary N) is 1. The SMILES string of the molecule is Cc1cc(N)nc(-c2cc3c4c(c2Cl)NCN=C4N(C(c2cccnc2N)C2CC2)C=CO3)c1C(F)(F)F. The minimum Gasteiger partial charge on any atom is -0.463 e. The number of rotatable bonds is 4. The van der Waals surface area contributed by atoms with Crippen LogP contribution in [0.25, 0.3) is 11.3 Å². The second-order valence-electron chi connectivity index (χ2n) is 9.46. The first kappa shape index (κ1) is 24.4. The van der Waals surface area contributed by atoms with E-state index in [-0.39, 0.29) is 46.1 Å². The van der Waals surface area contributed by atoms with Crippen molar-refractivity contribution >= 4 is 34.8 Å². The van der Waals surface area contributed by atoms with Crippen LogP contribution < -0.4 is 21.5 Å². The first-order valence-electron chi connectivity index (χ1n) is 12.0. The van der Waals surface area contributed by atoms with Gasteiger partial charge in [-0.2, -0.15) is 13.2 Å². The number of hydrogen-bond acceptors (Lipinski definition) is 8. The van der Waals surface area contributed by atoms with Crippen molar-refractivity contribution < 1.29 is 17.9 Å². The number of ether oxygens (including phenoxy) is 1. The average molecular weight is 542 g/mol. The normalized spacial score (nSPS) is 17.2. The van der Waals surface area contributed by atoms with Crippen molar-refractivity contribution in [3.8, 4) is 17.0 Å². The van der Waals surface area contributed by atoms with Gasteiger partial charge in [0.05, 0.1) is 33.6 Å². The van der Waals surface area contributed by atoms with E-state index in [1.54, 1.807) is 12.4 Å². The maximum atomic E-state index is 14.1. The number of amidine groups is 1. The first-order chi connectivity index (χ1) is 18.1. The lowest BCUT2D eigenvalue weighted by Gasteiger charge is -2.34. The van der Waals surface area contributed by atoms with Crippen LogP contribution in [0.4, 0.5) is 30.5 Å². The summed E-state index contributed by atoms with van der Waals surface area (Å²) >= 11 is 6.81. The van der Waals surface area contributed by atoms with Gasteiger partial charge in [0.25, 0.3) is 0 Å². The minimum absolute atomic E-state index is 0.0475. The molecule has 1 saturated carbocycles. The van der Waals surface area contributed by atoms with Crippen molar-refractivity contribution in [2.45, 2.75) is 32.0 Å². The molecule has 3 aromatic rings.